The molecule has 2 heterocycles. The summed E-state index contributed by atoms with van der Waals surface area (Å²) >= 11 is 2.77. The van der Waals surface area contributed by atoms with Gasteiger partial charge in [-0.25, -0.2) is 0 Å². The van der Waals surface area contributed by atoms with Gasteiger partial charge in [-0.15, -0.1) is 11.8 Å². The average molecular weight is 217 g/mol. The van der Waals surface area contributed by atoms with Crippen LogP contribution in [0.2, 0.25) is 0 Å². The van der Waals surface area contributed by atoms with Gasteiger partial charge in [-0.3, -0.25) is 15.4 Å². The van der Waals surface area contributed by atoms with Crippen LogP contribution in [0.4, 0.5) is 5.13 Å². The Labute approximate surface area is 82.6 Å². The lowest BCUT2D eigenvalue weighted by Gasteiger charge is -2.06. The Morgan fingerprint density at radius 2 is 2.62 bits per heavy atom. The molecule has 0 bridgehead atoms. The fourth-order valence-electron chi connectivity index (χ4n) is 0.938. The molecule has 1 aromatic heterocycles. The number of anilines is 1. The third-order valence-electron chi connectivity index (χ3n) is 1.56. The molecule has 2 N–H and O–H groups in total. The number of carbonyl (C=O) groups excluding carboxylic acids is 1. The molecule has 0 saturated carbocycles. The van der Waals surface area contributed by atoms with Crippen LogP contribution in [0.15, 0.2) is 0 Å². The summed E-state index contributed by atoms with van der Waals surface area (Å²) in [5.41, 5.74) is 0. The summed E-state index contributed by atoms with van der Waals surface area (Å²) in [6.45, 7) is 0. The van der Waals surface area contributed by atoms with E-state index in [4.69, 9.17) is 0 Å². The molecule has 1 aromatic rings. The van der Waals surface area contributed by atoms with Crippen LogP contribution in [-0.4, -0.2) is 38.4 Å². The molecular weight excluding hydrogens is 210 g/mol. The maximum atomic E-state index is 11.4. The highest BCUT2D eigenvalue weighted by Crippen LogP contribution is 2.12. The first-order chi connectivity index (χ1) is 6.36. The van der Waals surface area contributed by atoms with Gasteiger partial charge in [-0.2, -0.15) is 0 Å². The van der Waals surface area contributed by atoms with E-state index < -0.39 is 0 Å². The van der Waals surface area contributed by atoms with Crippen molar-refractivity contribution in [3.8, 4) is 0 Å². The van der Waals surface area contributed by atoms with Crippen molar-refractivity contribution in [3.63, 3.8) is 0 Å². The third-order valence-corrected chi connectivity index (χ3v) is 3.01. The van der Waals surface area contributed by atoms with Crippen molar-refractivity contribution in [1.29, 1.82) is 0 Å². The molecule has 1 fully saturated rings. The highest BCUT2D eigenvalue weighted by Gasteiger charge is 2.23. The monoisotopic (exact) mass is 217 g/mol. The first-order valence-electron chi connectivity index (χ1n) is 3.63. The van der Waals surface area contributed by atoms with Gasteiger partial charge in [-0.1, -0.05) is 9.59 Å². The molecule has 0 radical (unpaired) electrons. The van der Waals surface area contributed by atoms with E-state index in [-0.39, 0.29) is 11.9 Å². The van der Waals surface area contributed by atoms with Crippen LogP contribution in [0.25, 0.3) is 0 Å². The van der Waals surface area contributed by atoms with Crippen molar-refractivity contribution < 1.29 is 4.79 Å². The van der Waals surface area contributed by atoms with Gasteiger partial charge in [0, 0.05) is 23.2 Å². The van der Waals surface area contributed by atoms with E-state index in [0.717, 1.165) is 23.2 Å². The molecule has 2 rings (SSSR count). The van der Waals surface area contributed by atoms with Crippen molar-refractivity contribution in [2.24, 2.45) is 0 Å². The lowest BCUT2D eigenvalue weighted by molar-refractivity contribution is -0.117. The molecule has 0 spiro atoms. The Kier molecular flexibility index (Phi) is 2.71. The molecule has 1 unspecified atom stereocenters. The normalized spacial score (nSPS) is 21.7. The highest BCUT2D eigenvalue weighted by molar-refractivity contribution is 7.99. The maximum absolute atomic E-state index is 11.4. The standard InChI is InChI=1S/C5H7N5OS2/c11-4(3-1-12-2-6-3)7-5-8-9-10-13-5/h3,6H,1-2H2,(H,7,8,10,11). The Morgan fingerprint density at radius 1 is 1.69 bits per heavy atom. The molecule has 8 heteroatoms. The number of nitrogens with one attached hydrogen (secondary N) is 2. The van der Waals surface area contributed by atoms with Crippen molar-refractivity contribution in [2.75, 3.05) is 16.9 Å². The predicted molar refractivity (Wildman–Crippen MR) is 50.6 cm³/mol. The van der Waals surface area contributed by atoms with E-state index >= 15 is 0 Å². The van der Waals surface area contributed by atoms with Crippen LogP contribution < -0.4 is 10.6 Å². The van der Waals surface area contributed by atoms with Crippen molar-refractivity contribution in [1.82, 2.24) is 20.1 Å². The molecule has 0 aromatic carbocycles. The fourth-order valence-corrected chi connectivity index (χ4v) is 2.25. The quantitative estimate of drug-likeness (QED) is 0.697. The largest absolute Gasteiger partial charge is 0.298 e. The summed E-state index contributed by atoms with van der Waals surface area (Å²) < 4.78 is 3.54. The van der Waals surface area contributed by atoms with E-state index in [9.17, 15) is 4.79 Å². The van der Waals surface area contributed by atoms with Gasteiger partial charge in [0.2, 0.25) is 11.0 Å². The number of rotatable bonds is 2. The van der Waals surface area contributed by atoms with Gasteiger partial charge in [0.1, 0.15) is 0 Å². The second kappa shape index (κ2) is 3.99. The molecule has 13 heavy (non-hydrogen) atoms. The van der Waals surface area contributed by atoms with Gasteiger partial charge in [0.25, 0.3) is 0 Å². The Balaban J connectivity index is 1.91. The number of hydrogen-bond donors (Lipinski definition) is 2. The molecular formula is C5H7N5OS2. The van der Waals surface area contributed by atoms with Crippen LogP contribution in [0, 0.1) is 0 Å². The lowest BCUT2D eigenvalue weighted by Crippen LogP contribution is -2.37. The van der Waals surface area contributed by atoms with E-state index in [2.05, 4.69) is 25.4 Å². The summed E-state index contributed by atoms with van der Waals surface area (Å²) in [6, 6.07) is -0.117. The van der Waals surface area contributed by atoms with Crippen LogP contribution in [0.1, 0.15) is 0 Å². The molecule has 70 valence electrons. The molecule has 1 aliphatic rings. The van der Waals surface area contributed by atoms with Crippen molar-refractivity contribution >= 4 is 34.3 Å². The van der Waals surface area contributed by atoms with Crippen LogP contribution in [0.3, 0.4) is 0 Å². The number of hydrogen-bond acceptors (Lipinski definition) is 7. The first kappa shape index (κ1) is 8.85. The zero-order chi connectivity index (χ0) is 9.10. The van der Waals surface area contributed by atoms with Gasteiger partial charge < -0.3 is 0 Å². The predicted octanol–water partition coefficient (Wildman–Crippen LogP) is -0.466. The number of carbonyl (C=O) groups is 1. The minimum Gasteiger partial charge on any atom is -0.298 e. The summed E-state index contributed by atoms with van der Waals surface area (Å²) in [4.78, 5) is 11.4. The molecule has 0 aliphatic carbocycles. The minimum atomic E-state index is -0.117. The van der Waals surface area contributed by atoms with Gasteiger partial charge >= 0.3 is 0 Å². The zero-order valence-electron chi connectivity index (χ0n) is 6.56. The Hall–Kier alpha value is -0.730. The maximum Gasteiger partial charge on any atom is 0.244 e. The van der Waals surface area contributed by atoms with Crippen molar-refractivity contribution in [3.05, 3.63) is 0 Å². The van der Waals surface area contributed by atoms with Crippen LogP contribution in [-0.2, 0) is 4.79 Å². The number of thioether (sulfide) groups is 1. The average Bonchev–Trinajstić information content (AvgIpc) is 2.74. The van der Waals surface area contributed by atoms with Crippen LogP contribution >= 0.6 is 23.3 Å². The SMILES string of the molecule is O=C(Nc1nnns1)C1CSCN1. The fraction of sp³-hybridized carbons (Fsp3) is 0.600. The smallest absolute Gasteiger partial charge is 0.244 e. The third kappa shape index (κ3) is 2.14. The summed E-state index contributed by atoms with van der Waals surface area (Å²) in [7, 11) is 0. The van der Waals surface area contributed by atoms with Crippen LogP contribution in [0.5, 0.6) is 0 Å². The van der Waals surface area contributed by atoms with Gasteiger partial charge in [0.05, 0.1) is 6.04 Å². The number of nitrogens with zero attached hydrogens (tertiary/aromatic N) is 3. The van der Waals surface area contributed by atoms with Crippen molar-refractivity contribution in [2.45, 2.75) is 6.04 Å². The molecule has 1 amide bonds. The Morgan fingerprint density at radius 3 is 3.23 bits per heavy atom. The molecule has 1 saturated heterocycles. The minimum absolute atomic E-state index is 0.0662. The summed E-state index contributed by atoms with van der Waals surface area (Å²) in [5, 5.41) is 13.1. The second-order valence-electron chi connectivity index (χ2n) is 2.43. The van der Waals surface area contributed by atoms with E-state index in [0.29, 0.717) is 5.13 Å². The summed E-state index contributed by atoms with van der Waals surface area (Å²) in [6.07, 6.45) is 0. The lowest BCUT2D eigenvalue weighted by atomic mass is 10.3. The summed E-state index contributed by atoms with van der Waals surface area (Å²) in [5.74, 6) is 1.56. The van der Waals surface area contributed by atoms with E-state index in [1.807, 2.05) is 0 Å². The number of amides is 1. The second-order valence-corrected chi connectivity index (χ2v) is 4.19. The van der Waals surface area contributed by atoms with Gasteiger partial charge in [-0.05, 0) is 5.21 Å². The number of aromatic nitrogens is 3. The molecule has 6 nitrogen and oxygen atoms in total. The van der Waals surface area contributed by atoms with E-state index in [1.54, 1.807) is 11.8 Å². The molecule has 1 aliphatic heterocycles. The zero-order valence-corrected chi connectivity index (χ0v) is 8.19. The highest BCUT2D eigenvalue weighted by atomic mass is 32.2. The Bertz CT molecular complexity index is 283. The van der Waals surface area contributed by atoms with E-state index in [1.165, 1.54) is 0 Å². The first-order valence-corrected chi connectivity index (χ1v) is 5.56. The van der Waals surface area contributed by atoms with Gasteiger partial charge in [0.15, 0.2) is 0 Å². The molecule has 1 atom stereocenters. The topological polar surface area (TPSA) is 79.8 Å².